The van der Waals surface area contributed by atoms with E-state index in [4.69, 9.17) is 5.26 Å². The molecule has 0 saturated heterocycles. The van der Waals surface area contributed by atoms with Gasteiger partial charge in [-0.1, -0.05) is 25.1 Å². The lowest BCUT2D eigenvalue weighted by atomic mass is 10.2. The summed E-state index contributed by atoms with van der Waals surface area (Å²) < 4.78 is 0. The van der Waals surface area contributed by atoms with Crippen molar-refractivity contribution in [1.82, 2.24) is 9.97 Å². The highest BCUT2D eigenvalue weighted by molar-refractivity contribution is 7.99. The molecule has 1 aromatic heterocycles. The van der Waals surface area contributed by atoms with E-state index in [1.807, 2.05) is 18.2 Å². The van der Waals surface area contributed by atoms with Crippen molar-refractivity contribution in [2.24, 2.45) is 0 Å². The number of benzene rings is 1. The summed E-state index contributed by atoms with van der Waals surface area (Å²) >= 11 is 1.80. The molecular formula is C15H14N4S. The standard InChI is InChI=1S/C15H14N4S/c1-2-20-13-6-4-3-5-11(13)14-18-12-7-10(8-16)9-17-15(12)19-14/h3-7,17H,2,9H2,1H3,(H,18,19). The Labute approximate surface area is 121 Å². The van der Waals surface area contributed by atoms with E-state index >= 15 is 0 Å². The molecule has 0 saturated carbocycles. The van der Waals surface area contributed by atoms with Gasteiger partial charge in [-0.2, -0.15) is 5.26 Å². The number of fused-ring (bicyclic) bond motifs is 1. The fourth-order valence-corrected chi connectivity index (χ4v) is 2.98. The van der Waals surface area contributed by atoms with Crippen molar-refractivity contribution < 1.29 is 0 Å². The van der Waals surface area contributed by atoms with Crippen LogP contribution in [-0.2, 0) is 0 Å². The van der Waals surface area contributed by atoms with Gasteiger partial charge in [0.25, 0.3) is 0 Å². The fraction of sp³-hybridized carbons (Fsp3) is 0.200. The molecule has 100 valence electrons. The van der Waals surface area contributed by atoms with Crippen LogP contribution in [0.1, 0.15) is 12.6 Å². The van der Waals surface area contributed by atoms with Crippen molar-refractivity contribution in [3.8, 4) is 17.5 Å². The van der Waals surface area contributed by atoms with Gasteiger partial charge in [-0.15, -0.1) is 11.8 Å². The van der Waals surface area contributed by atoms with E-state index in [0.717, 1.165) is 28.7 Å². The molecule has 0 aliphatic carbocycles. The third kappa shape index (κ3) is 2.30. The predicted octanol–water partition coefficient (Wildman–Crippen LogP) is 3.52. The summed E-state index contributed by atoms with van der Waals surface area (Å²) in [6.45, 7) is 2.68. The number of hydrogen-bond acceptors (Lipinski definition) is 4. The van der Waals surface area contributed by atoms with E-state index in [0.29, 0.717) is 12.1 Å². The maximum absolute atomic E-state index is 8.96. The number of aromatic nitrogens is 2. The van der Waals surface area contributed by atoms with Gasteiger partial charge in [0, 0.05) is 10.5 Å². The van der Waals surface area contributed by atoms with Gasteiger partial charge in [0.2, 0.25) is 0 Å². The minimum Gasteiger partial charge on any atom is -0.363 e. The number of imidazole rings is 1. The van der Waals surface area contributed by atoms with Gasteiger partial charge < -0.3 is 10.3 Å². The van der Waals surface area contributed by atoms with E-state index in [1.54, 1.807) is 11.8 Å². The van der Waals surface area contributed by atoms with E-state index in [2.05, 4.69) is 40.4 Å². The highest BCUT2D eigenvalue weighted by Crippen LogP contribution is 2.32. The zero-order valence-corrected chi connectivity index (χ0v) is 11.9. The van der Waals surface area contributed by atoms with Crippen LogP contribution in [0, 0.1) is 11.3 Å². The van der Waals surface area contributed by atoms with Crippen LogP contribution in [0.4, 0.5) is 5.82 Å². The smallest absolute Gasteiger partial charge is 0.152 e. The molecule has 3 rings (SSSR count). The van der Waals surface area contributed by atoms with Crippen LogP contribution < -0.4 is 5.32 Å². The highest BCUT2D eigenvalue weighted by Gasteiger charge is 2.16. The van der Waals surface area contributed by atoms with Crippen molar-refractivity contribution >= 4 is 23.7 Å². The van der Waals surface area contributed by atoms with Crippen molar-refractivity contribution in [1.29, 1.82) is 5.26 Å². The first kappa shape index (κ1) is 12.8. The van der Waals surface area contributed by atoms with Gasteiger partial charge in [0.15, 0.2) is 5.82 Å². The van der Waals surface area contributed by atoms with Crippen molar-refractivity contribution in [3.05, 3.63) is 35.5 Å². The molecule has 4 nitrogen and oxygen atoms in total. The minimum absolute atomic E-state index is 0.541. The molecule has 5 heteroatoms. The van der Waals surface area contributed by atoms with Gasteiger partial charge in [0.05, 0.1) is 23.9 Å². The summed E-state index contributed by atoms with van der Waals surface area (Å²) in [5, 5.41) is 12.1. The second kappa shape index (κ2) is 5.43. The molecule has 0 atom stereocenters. The van der Waals surface area contributed by atoms with E-state index in [-0.39, 0.29) is 0 Å². The van der Waals surface area contributed by atoms with Gasteiger partial charge >= 0.3 is 0 Å². The maximum atomic E-state index is 8.96. The Kier molecular flexibility index (Phi) is 3.48. The lowest BCUT2D eigenvalue weighted by Crippen LogP contribution is -2.09. The minimum atomic E-state index is 0.541. The zero-order valence-electron chi connectivity index (χ0n) is 11.1. The molecule has 1 aliphatic heterocycles. The molecule has 0 amide bonds. The lowest BCUT2D eigenvalue weighted by Gasteiger charge is -2.08. The fourth-order valence-electron chi connectivity index (χ4n) is 2.17. The van der Waals surface area contributed by atoms with Crippen LogP contribution in [-0.4, -0.2) is 22.3 Å². The zero-order chi connectivity index (χ0) is 13.9. The number of rotatable bonds is 3. The van der Waals surface area contributed by atoms with E-state index < -0.39 is 0 Å². The number of thioether (sulfide) groups is 1. The summed E-state index contributed by atoms with van der Waals surface area (Å²) in [4.78, 5) is 9.11. The molecule has 0 bridgehead atoms. The second-order valence-corrected chi connectivity index (χ2v) is 5.72. The monoisotopic (exact) mass is 282 g/mol. The number of aromatic amines is 1. The predicted molar refractivity (Wildman–Crippen MR) is 82.5 cm³/mol. The van der Waals surface area contributed by atoms with E-state index in [9.17, 15) is 0 Å². The SMILES string of the molecule is CCSc1ccccc1-c1nc2c([nH]1)C=C(C#N)CN2. The van der Waals surface area contributed by atoms with Crippen LogP contribution in [0.25, 0.3) is 17.5 Å². The Morgan fingerprint density at radius 3 is 3.05 bits per heavy atom. The van der Waals surface area contributed by atoms with Crippen LogP contribution >= 0.6 is 11.8 Å². The van der Waals surface area contributed by atoms with Gasteiger partial charge in [-0.3, -0.25) is 0 Å². The first-order chi connectivity index (χ1) is 9.81. The van der Waals surface area contributed by atoms with Crippen molar-refractivity contribution in [2.45, 2.75) is 11.8 Å². The maximum Gasteiger partial charge on any atom is 0.152 e. The van der Waals surface area contributed by atoms with Crippen LogP contribution in [0.15, 0.2) is 34.7 Å². The third-order valence-corrected chi connectivity index (χ3v) is 4.04. The molecule has 0 fully saturated rings. The Bertz CT molecular complexity index is 709. The van der Waals surface area contributed by atoms with Crippen LogP contribution in [0.2, 0.25) is 0 Å². The Hall–Kier alpha value is -2.19. The summed E-state index contributed by atoms with van der Waals surface area (Å²) in [7, 11) is 0. The number of nitrogens with zero attached hydrogens (tertiary/aromatic N) is 2. The molecular weight excluding hydrogens is 268 g/mol. The van der Waals surface area contributed by atoms with Gasteiger partial charge in [-0.05, 0) is 17.9 Å². The summed E-state index contributed by atoms with van der Waals surface area (Å²) in [6.07, 6.45) is 1.86. The Morgan fingerprint density at radius 2 is 2.25 bits per heavy atom. The first-order valence-corrected chi connectivity index (χ1v) is 7.47. The van der Waals surface area contributed by atoms with Crippen LogP contribution in [0.5, 0.6) is 0 Å². The first-order valence-electron chi connectivity index (χ1n) is 6.48. The van der Waals surface area contributed by atoms with Gasteiger partial charge in [0.1, 0.15) is 5.82 Å². The molecule has 0 unspecified atom stereocenters. The topological polar surface area (TPSA) is 64.5 Å². The average Bonchev–Trinajstić information content (AvgIpc) is 2.90. The largest absolute Gasteiger partial charge is 0.363 e. The summed E-state index contributed by atoms with van der Waals surface area (Å²) in [5.74, 6) is 2.68. The molecule has 2 N–H and O–H groups in total. The normalized spacial score (nSPS) is 13.1. The third-order valence-electron chi connectivity index (χ3n) is 3.08. The molecule has 2 heterocycles. The average molecular weight is 282 g/mol. The quantitative estimate of drug-likeness (QED) is 0.845. The molecule has 0 radical (unpaired) electrons. The Morgan fingerprint density at radius 1 is 1.40 bits per heavy atom. The van der Waals surface area contributed by atoms with Crippen molar-refractivity contribution in [2.75, 3.05) is 17.6 Å². The van der Waals surface area contributed by atoms with Crippen LogP contribution in [0.3, 0.4) is 0 Å². The highest BCUT2D eigenvalue weighted by atomic mass is 32.2. The second-order valence-electron chi connectivity index (χ2n) is 4.41. The number of H-pyrrole nitrogens is 1. The van der Waals surface area contributed by atoms with E-state index in [1.165, 1.54) is 4.90 Å². The Balaban J connectivity index is 2.03. The molecule has 20 heavy (non-hydrogen) atoms. The number of nitriles is 1. The molecule has 1 aromatic carbocycles. The summed E-state index contributed by atoms with van der Waals surface area (Å²) in [6, 6.07) is 10.4. The number of nitrogens with one attached hydrogen (secondary N) is 2. The molecule has 1 aliphatic rings. The number of anilines is 1. The number of hydrogen-bond donors (Lipinski definition) is 2. The summed E-state index contributed by atoms with van der Waals surface area (Å²) in [5.41, 5.74) is 2.69. The molecule has 2 aromatic rings. The van der Waals surface area contributed by atoms with Gasteiger partial charge in [-0.25, -0.2) is 4.98 Å². The molecule has 0 spiro atoms. The van der Waals surface area contributed by atoms with Crippen molar-refractivity contribution in [3.63, 3.8) is 0 Å². The lowest BCUT2D eigenvalue weighted by molar-refractivity contribution is 1.20.